The van der Waals surface area contributed by atoms with Gasteiger partial charge in [0.25, 0.3) is 0 Å². The molecular formula is C13H28O2S3. The van der Waals surface area contributed by atoms with E-state index in [1.54, 1.807) is 0 Å². The summed E-state index contributed by atoms with van der Waals surface area (Å²) < 4.78 is 21.6. The van der Waals surface area contributed by atoms with Crippen molar-refractivity contribution in [2.75, 3.05) is 0 Å². The first-order chi connectivity index (χ1) is 8.57. The molecule has 0 saturated heterocycles. The van der Waals surface area contributed by atoms with E-state index in [9.17, 15) is 8.42 Å². The number of hydrogen-bond acceptors (Lipinski definition) is 2. The zero-order valence-corrected chi connectivity index (χ0v) is 14.3. The summed E-state index contributed by atoms with van der Waals surface area (Å²) in [6.45, 7) is 4.33. The van der Waals surface area contributed by atoms with Gasteiger partial charge in [-0.3, -0.25) is 0 Å². The largest absolute Gasteiger partial charge is 0.226 e. The standard InChI is InChI=1S/C13H28O2S3/c1-3-4-5-6-7-8-9-10-11-12(2)17-13(16)18(14)15/h12,16-18H,3-11H2,1-2H3. The molecule has 0 rings (SSSR count). The van der Waals surface area contributed by atoms with Crippen LogP contribution in [0.15, 0.2) is 0 Å². The molecule has 0 aliphatic carbocycles. The summed E-state index contributed by atoms with van der Waals surface area (Å²) in [5, 5.41) is 0.408. The lowest BCUT2D eigenvalue weighted by molar-refractivity contribution is 0.565. The highest BCUT2D eigenvalue weighted by atomic mass is 32.2. The van der Waals surface area contributed by atoms with Crippen molar-refractivity contribution in [3.63, 3.8) is 0 Å². The molecule has 0 N–H and O–H groups in total. The molecule has 0 aliphatic rings. The monoisotopic (exact) mass is 312 g/mol. The van der Waals surface area contributed by atoms with Gasteiger partial charge in [-0.15, -0.1) is 12.6 Å². The van der Waals surface area contributed by atoms with E-state index in [0.29, 0.717) is 8.78 Å². The third kappa shape index (κ3) is 11.6. The minimum absolute atomic E-state index is 0.303. The molecule has 0 spiro atoms. The van der Waals surface area contributed by atoms with Crippen LogP contribution in [0.2, 0.25) is 0 Å². The molecule has 18 heavy (non-hydrogen) atoms. The van der Waals surface area contributed by atoms with Crippen molar-refractivity contribution >= 4 is 38.2 Å². The fourth-order valence-electron chi connectivity index (χ4n) is 1.88. The zero-order valence-electron chi connectivity index (χ0n) is 11.6. The minimum Gasteiger partial charge on any atom is -0.226 e. The molecule has 0 aromatic rings. The molecule has 1 atom stereocenters. The third-order valence-corrected chi connectivity index (χ3v) is 5.90. The number of thiol groups is 3. The first-order valence-electron chi connectivity index (χ1n) is 6.99. The van der Waals surface area contributed by atoms with E-state index >= 15 is 0 Å². The summed E-state index contributed by atoms with van der Waals surface area (Å²) >= 11 is 4.85. The predicted molar refractivity (Wildman–Crippen MR) is 90.0 cm³/mol. The minimum atomic E-state index is -2.46. The van der Waals surface area contributed by atoms with Gasteiger partial charge in [0.05, 0.1) is 0 Å². The van der Waals surface area contributed by atoms with Crippen molar-refractivity contribution in [3.05, 3.63) is 0 Å². The maximum Gasteiger partial charge on any atom is 0.179 e. The first-order valence-corrected chi connectivity index (χ1v) is 9.58. The van der Waals surface area contributed by atoms with Gasteiger partial charge in [0.2, 0.25) is 0 Å². The lowest BCUT2D eigenvalue weighted by atomic mass is 10.1. The van der Waals surface area contributed by atoms with Crippen LogP contribution in [-0.4, -0.2) is 17.2 Å². The molecule has 0 saturated carbocycles. The van der Waals surface area contributed by atoms with Crippen LogP contribution in [0.4, 0.5) is 0 Å². The molecule has 0 aromatic carbocycles. The van der Waals surface area contributed by atoms with Crippen LogP contribution in [0.25, 0.3) is 0 Å². The maximum atomic E-state index is 10.7. The Kier molecular flexibility index (Phi) is 12.9. The smallest absolute Gasteiger partial charge is 0.179 e. The van der Waals surface area contributed by atoms with Gasteiger partial charge in [-0.05, 0) is 11.7 Å². The highest BCUT2D eigenvalue weighted by Gasteiger charge is 2.00. The average molecular weight is 313 g/mol. The van der Waals surface area contributed by atoms with Crippen LogP contribution in [0.5, 0.6) is 0 Å². The Balaban J connectivity index is 3.46. The Labute approximate surface area is 123 Å². The fraction of sp³-hybridized carbons (Fsp3) is 0.923. The fourth-order valence-corrected chi connectivity index (χ4v) is 4.15. The Morgan fingerprint density at radius 2 is 1.56 bits per heavy atom. The van der Waals surface area contributed by atoms with Gasteiger partial charge in [-0.25, -0.2) is 8.42 Å². The molecule has 0 radical (unpaired) electrons. The Bertz CT molecular complexity index is 291. The molecule has 0 aliphatic heterocycles. The van der Waals surface area contributed by atoms with Gasteiger partial charge >= 0.3 is 0 Å². The van der Waals surface area contributed by atoms with Crippen LogP contribution < -0.4 is 0 Å². The lowest BCUT2D eigenvalue weighted by Crippen LogP contribution is -1.97. The molecule has 0 bridgehead atoms. The lowest BCUT2D eigenvalue weighted by Gasteiger charge is -2.06. The molecule has 0 amide bonds. The average Bonchev–Trinajstić information content (AvgIpc) is 2.32. The maximum absolute atomic E-state index is 10.7. The molecule has 0 fully saturated rings. The summed E-state index contributed by atoms with van der Waals surface area (Å²) in [6.07, 6.45) is 11.7. The van der Waals surface area contributed by atoms with Crippen molar-refractivity contribution in [2.24, 2.45) is 0 Å². The summed E-state index contributed by atoms with van der Waals surface area (Å²) in [6, 6.07) is 0. The van der Waals surface area contributed by atoms with Crippen molar-refractivity contribution < 1.29 is 8.42 Å². The van der Waals surface area contributed by atoms with E-state index in [2.05, 4.69) is 26.5 Å². The van der Waals surface area contributed by atoms with Gasteiger partial charge in [0.15, 0.2) is 10.7 Å². The summed E-state index contributed by atoms with van der Waals surface area (Å²) in [5.41, 5.74) is 0. The Morgan fingerprint density at radius 1 is 1.06 bits per heavy atom. The van der Waals surface area contributed by atoms with Gasteiger partial charge < -0.3 is 0 Å². The van der Waals surface area contributed by atoms with E-state index in [1.165, 1.54) is 51.4 Å². The number of unbranched alkanes of at least 4 members (excludes halogenated alkanes) is 7. The summed E-state index contributed by atoms with van der Waals surface area (Å²) in [7, 11) is -2.46. The summed E-state index contributed by atoms with van der Waals surface area (Å²) in [5.74, 6) is 0. The molecular weight excluding hydrogens is 284 g/mol. The van der Waals surface area contributed by atoms with Crippen molar-refractivity contribution in [1.82, 2.24) is 0 Å². The summed E-state index contributed by atoms with van der Waals surface area (Å²) in [4.78, 5) is 0. The second-order valence-electron chi connectivity index (χ2n) is 4.80. The highest BCUT2D eigenvalue weighted by molar-refractivity contribution is 8.36. The van der Waals surface area contributed by atoms with Gasteiger partial charge in [-0.1, -0.05) is 65.2 Å². The second kappa shape index (κ2) is 12.5. The molecule has 2 nitrogen and oxygen atoms in total. The predicted octanol–water partition coefficient (Wildman–Crippen LogP) is 4.00. The van der Waals surface area contributed by atoms with E-state index < -0.39 is 10.7 Å². The number of hydrogen-bond donors (Lipinski definition) is 3. The SMILES string of the molecule is CCCCCCCCCCC(C)[SH]=C(S)[SH](=O)=O. The molecule has 110 valence electrons. The van der Waals surface area contributed by atoms with Crippen LogP contribution in [-0.2, 0) is 10.7 Å². The second-order valence-corrected chi connectivity index (χ2v) is 8.85. The van der Waals surface area contributed by atoms with Crippen LogP contribution in [0, 0.1) is 0 Å². The zero-order chi connectivity index (χ0) is 13.8. The Morgan fingerprint density at radius 3 is 2.06 bits per heavy atom. The van der Waals surface area contributed by atoms with E-state index in [0.717, 1.165) is 17.8 Å². The first kappa shape index (κ1) is 18.5. The van der Waals surface area contributed by atoms with Crippen molar-refractivity contribution in [3.8, 4) is 0 Å². The van der Waals surface area contributed by atoms with Crippen LogP contribution in [0.1, 0.15) is 71.6 Å². The normalized spacial score (nSPS) is 14.6. The topological polar surface area (TPSA) is 34.1 Å². The van der Waals surface area contributed by atoms with E-state index in [1.807, 2.05) is 0 Å². The van der Waals surface area contributed by atoms with Crippen LogP contribution in [0.3, 0.4) is 0 Å². The quantitative estimate of drug-likeness (QED) is 0.324. The van der Waals surface area contributed by atoms with Gasteiger partial charge in [0.1, 0.15) is 3.53 Å². The van der Waals surface area contributed by atoms with E-state index in [-0.39, 0.29) is 0 Å². The molecule has 5 heteroatoms. The highest BCUT2D eigenvalue weighted by Crippen LogP contribution is 2.15. The van der Waals surface area contributed by atoms with Gasteiger partial charge in [0, 0.05) is 0 Å². The van der Waals surface area contributed by atoms with Crippen molar-refractivity contribution in [2.45, 2.75) is 76.9 Å². The van der Waals surface area contributed by atoms with Gasteiger partial charge in [-0.2, -0.15) is 11.4 Å². The van der Waals surface area contributed by atoms with Crippen molar-refractivity contribution in [1.29, 1.82) is 0 Å². The molecule has 0 aromatic heterocycles. The molecule has 0 heterocycles. The number of rotatable bonds is 10. The van der Waals surface area contributed by atoms with E-state index in [4.69, 9.17) is 0 Å². The molecule has 1 unspecified atom stereocenters. The Hall–Kier alpha value is 0.520. The van der Waals surface area contributed by atoms with Crippen LogP contribution >= 0.6 is 24.0 Å². The third-order valence-electron chi connectivity index (χ3n) is 2.97.